The Kier molecular flexibility index (Phi) is 14.1. The first-order valence-electron chi connectivity index (χ1n) is 11.1. The maximum absolute atomic E-state index is 12.8. The van der Waals surface area contributed by atoms with Crippen molar-refractivity contribution in [2.75, 3.05) is 6.54 Å². The Morgan fingerprint density at radius 3 is 1.81 bits per heavy atom. The molecule has 0 aromatic rings. The number of carbonyl (C=O) groups is 6. The van der Waals surface area contributed by atoms with Gasteiger partial charge in [0.2, 0.25) is 23.6 Å². The van der Waals surface area contributed by atoms with Crippen molar-refractivity contribution in [1.82, 2.24) is 16.0 Å². The van der Waals surface area contributed by atoms with Gasteiger partial charge in [-0.1, -0.05) is 13.8 Å². The number of nitrogens with zero attached hydrogens (tertiary/aromatic N) is 1. The fourth-order valence-electron chi connectivity index (χ4n) is 2.82. The highest BCUT2D eigenvalue weighted by atomic mass is 16.4. The molecule has 13 N–H and O–H groups in total. The van der Waals surface area contributed by atoms with E-state index < -0.39 is 66.2 Å². The topological polar surface area (TPSA) is 295 Å². The predicted octanol–water partition coefficient (Wildman–Crippen LogP) is -3.70. The summed E-state index contributed by atoms with van der Waals surface area (Å²) in [5.74, 6) is -6.88. The molecule has 0 spiro atoms. The number of aliphatic carboxylic acids is 2. The summed E-state index contributed by atoms with van der Waals surface area (Å²) in [6, 6.07) is -5.47. The molecule has 0 aromatic heterocycles. The van der Waals surface area contributed by atoms with Crippen LogP contribution in [0.3, 0.4) is 0 Å². The zero-order valence-electron chi connectivity index (χ0n) is 20.2. The minimum Gasteiger partial charge on any atom is -0.481 e. The number of primary amides is 1. The van der Waals surface area contributed by atoms with Crippen LogP contribution in [-0.2, 0) is 28.8 Å². The number of hydrogen-bond donors (Lipinski definition) is 9. The van der Waals surface area contributed by atoms with Gasteiger partial charge in [-0.15, -0.1) is 0 Å². The van der Waals surface area contributed by atoms with Gasteiger partial charge in [-0.2, -0.15) is 0 Å². The van der Waals surface area contributed by atoms with Gasteiger partial charge in [0.15, 0.2) is 5.96 Å². The minimum absolute atomic E-state index is 0.0873. The van der Waals surface area contributed by atoms with E-state index in [2.05, 4.69) is 20.9 Å². The summed E-state index contributed by atoms with van der Waals surface area (Å²) in [4.78, 5) is 75.5. The van der Waals surface area contributed by atoms with Crippen LogP contribution < -0.4 is 38.9 Å². The Morgan fingerprint density at radius 2 is 1.33 bits per heavy atom. The van der Waals surface area contributed by atoms with Gasteiger partial charge in [0.25, 0.3) is 0 Å². The average Bonchev–Trinajstić information content (AvgIpc) is 2.76. The Morgan fingerprint density at radius 1 is 0.806 bits per heavy atom. The third-order valence-corrected chi connectivity index (χ3v) is 4.90. The first kappa shape index (κ1) is 32.0. The molecule has 0 heterocycles. The molecule has 16 heteroatoms. The van der Waals surface area contributed by atoms with Gasteiger partial charge in [-0.05, 0) is 25.2 Å². The number of hydrogen-bond acceptors (Lipinski definition) is 8. The molecule has 4 unspecified atom stereocenters. The second kappa shape index (κ2) is 15.9. The summed E-state index contributed by atoms with van der Waals surface area (Å²) >= 11 is 0. The monoisotopic (exact) mass is 516 g/mol. The maximum atomic E-state index is 12.8. The van der Waals surface area contributed by atoms with Crippen LogP contribution in [0.4, 0.5) is 0 Å². The molecule has 4 atom stereocenters. The normalized spacial score (nSPS) is 14.0. The lowest BCUT2D eigenvalue weighted by atomic mass is 10.0. The minimum atomic E-state index is -1.69. The molecule has 16 nitrogen and oxygen atoms in total. The van der Waals surface area contributed by atoms with Crippen molar-refractivity contribution in [1.29, 1.82) is 0 Å². The van der Waals surface area contributed by atoms with Gasteiger partial charge in [-0.3, -0.25) is 29.0 Å². The largest absolute Gasteiger partial charge is 0.481 e. The van der Waals surface area contributed by atoms with E-state index in [0.717, 1.165) is 0 Å². The van der Waals surface area contributed by atoms with E-state index in [1.54, 1.807) is 13.8 Å². The quantitative estimate of drug-likeness (QED) is 0.0514. The molecule has 0 radical (unpaired) electrons. The van der Waals surface area contributed by atoms with Crippen LogP contribution in [0.1, 0.15) is 46.0 Å². The van der Waals surface area contributed by atoms with E-state index in [0.29, 0.717) is 0 Å². The highest BCUT2D eigenvalue weighted by molar-refractivity contribution is 5.95. The zero-order chi connectivity index (χ0) is 28.0. The van der Waals surface area contributed by atoms with E-state index in [4.69, 9.17) is 22.9 Å². The number of amides is 4. The second-order valence-electron chi connectivity index (χ2n) is 8.34. The Labute approximate surface area is 207 Å². The van der Waals surface area contributed by atoms with E-state index >= 15 is 0 Å². The average molecular weight is 517 g/mol. The predicted molar refractivity (Wildman–Crippen MR) is 127 cm³/mol. The molecular weight excluding hydrogens is 480 g/mol. The Hall–Kier alpha value is -3.95. The SMILES string of the molecule is CC(C)C(N)C(=O)NC(CCC(N)=O)C(=O)NC(CC(=O)O)C(=O)NC(CCCN=C(N)N)C(=O)O. The summed E-state index contributed by atoms with van der Waals surface area (Å²) < 4.78 is 0. The molecule has 0 rings (SSSR count). The summed E-state index contributed by atoms with van der Waals surface area (Å²) in [6.07, 6.45) is -1.35. The number of nitrogens with one attached hydrogen (secondary N) is 3. The molecule has 0 aromatic carbocycles. The van der Waals surface area contributed by atoms with Gasteiger partial charge < -0.3 is 49.1 Å². The molecule has 0 aliphatic carbocycles. The van der Waals surface area contributed by atoms with Crippen LogP contribution in [0.5, 0.6) is 0 Å². The van der Waals surface area contributed by atoms with Crippen LogP contribution in [-0.4, -0.2) is 82.5 Å². The highest BCUT2D eigenvalue weighted by Crippen LogP contribution is 2.05. The smallest absolute Gasteiger partial charge is 0.326 e. The molecule has 0 bridgehead atoms. The van der Waals surface area contributed by atoms with Crippen LogP contribution in [0.15, 0.2) is 4.99 Å². The molecule has 0 aliphatic heterocycles. The lowest BCUT2D eigenvalue weighted by Gasteiger charge is -2.25. The molecule has 36 heavy (non-hydrogen) atoms. The summed E-state index contributed by atoms with van der Waals surface area (Å²) in [7, 11) is 0. The third kappa shape index (κ3) is 13.1. The van der Waals surface area contributed by atoms with Gasteiger partial charge in [0, 0.05) is 13.0 Å². The number of aliphatic imine (C=N–C) groups is 1. The maximum Gasteiger partial charge on any atom is 0.326 e. The van der Waals surface area contributed by atoms with Gasteiger partial charge in [0.05, 0.1) is 12.5 Å². The zero-order valence-corrected chi connectivity index (χ0v) is 20.2. The number of carboxylic acids is 2. The number of nitrogens with two attached hydrogens (primary N) is 4. The van der Waals surface area contributed by atoms with Crippen molar-refractivity contribution in [2.24, 2.45) is 33.8 Å². The molecule has 0 aliphatic rings. The van der Waals surface area contributed by atoms with Gasteiger partial charge in [-0.25, -0.2) is 4.79 Å². The molecule has 0 fully saturated rings. The first-order valence-corrected chi connectivity index (χ1v) is 11.1. The second-order valence-corrected chi connectivity index (χ2v) is 8.34. The number of rotatable bonds is 17. The molecule has 0 saturated carbocycles. The number of carbonyl (C=O) groups excluding carboxylic acids is 4. The Balaban J connectivity index is 5.55. The summed E-state index contributed by atoms with van der Waals surface area (Å²) in [6.45, 7) is 3.44. The van der Waals surface area contributed by atoms with E-state index in [1.807, 2.05) is 0 Å². The van der Waals surface area contributed by atoms with E-state index in [-0.39, 0.29) is 44.1 Å². The van der Waals surface area contributed by atoms with Crippen molar-refractivity contribution in [3.63, 3.8) is 0 Å². The van der Waals surface area contributed by atoms with Gasteiger partial charge >= 0.3 is 11.9 Å². The van der Waals surface area contributed by atoms with Crippen LogP contribution in [0.2, 0.25) is 0 Å². The molecule has 0 saturated heterocycles. The molecule has 4 amide bonds. The van der Waals surface area contributed by atoms with Crippen molar-refractivity contribution in [2.45, 2.75) is 70.1 Å². The molecular formula is C20H36N8O8. The summed E-state index contributed by atoms with van der Waals surface area (Å²) in [5, 5.41) is 25.3. The van der Waals surface area contributed by atoms with Crippen LogP contribution in [0, 0.1) is 5.92 Å². The van der Waals surface area contributed by atoms with Gasteiger partial charge in [0.1, 0.15) is 18.1 Å². The van der Waals surface area contributed by atoms with Crippen LogP contribution in [0.25, 0.3) is 0 Å². The van der Waals surface area contributed by atoms with E-state index in [9.17, 15) is 39.0 Å². The van der Waals surface area contributed by atoms with Crippen molar-refractivity contribution in [3.05, 3.63) is 0 Å². The van der Waals surface area contributed by atoms with E-state index in [1.165, 1.54) is 0 Å². The van der Waals surface area contributed by atoms with Crippen molar-refractivity contribution in [3.8, 4) is 0 Å². The fourth-order valence-corrected chi connectivity index (χ4v) is 2.82. The summed E-state index contributed by atoms with van der Waals surface area (Å²) in [5.41, 5.74) is 21.3. The number of carboxylic acid groups (broad SMARTS) is 2. The first-order chi connectivity index (χ1) is 16.6. The van der Waals surface area contributed by atoms with Crippen molar-refractivity contribution < 1.29 is 39.0 Å². The lowest BCUT2D eigenvalue weighted by Crippen LogP contribution is -2.58. The third-order valence-electron chi connectivity index (χ3n) is 4.90. The fraction of sp³-hybridized carbons (Fsp3) is 0.650. The van der Waals surface area contributed by atoms with Crippen molar-refractivity contribution >= 4 is 41.5 Å². The number of guanidine groups is 1. The van der Waals surface area contributed by atoms with Crippen LogP contribution >= 0.6 is 0 Å². The standard InChI is InChI=1S/C20H36N8O8/c1-9(2)15(22)18(34)26-10(5-6-13(21)29)16(32)28-12(8-14(30)31)17(33)27-11(19(35)36)4-3-7-25-20(23)24/h9-12,15H,3-8,22H2,1-2H3,(H2,21,29)(H,26,34)(H,27,33)(H,28,32)(H,30,31)(H,35,36)(H4,23,24,25). The Bertz CT molecular complexity index is 844. The highest BCUT2D eigenvalue weighted by Gasteiger charge is 2.32. The lowest BCUT2D eigenvalue weighted by molar-refractivity contribution is -0.143. The molecule has 204 valence electrons.